The highest BCUT2D eigenvalue weighted by Gasteiger charge is 2.25. The molecule has 1 atom stereocenters. The molecule has 0 aliphatic carbocycles. The number of halogens is 1. The number of carbonyl (C=O) groups is 1. The van der Waals surface area contributed by atoms with Crippen LogP contribution in [0.3, 0.4) is 0 Å². The molecular weight excluding hydrogens is 574 g/mol. The molecule has 2 fully saturated rings. The van der Waals surface area contributed by atoms with Crippen LogP contribution in [0.25, 0.3) is 0 Å². The number of carbonyl (C=O) groups excluding carboxylic acids is 1. The van der Waals surface area contributed by atoms with E-state index in [1.807, 2.05) is 12.1 Å². The Hall–Kier alpha value is -3.29. The maximum absolute atomic E-state index is 13.3. The van der Waals surface area contributed by atoms with E-state index in [1.165, 1.54) is 6.39 Å². The third-order valence-electron chi connectivity index (χ3n) is 8.18. The molecule has 2 saturated heterocycles. The van der Waals surface area contributed by atoms with Gasteiger partial charge in [-0.05, 0) is 37.1 Å². The predicted molar refractivity (Wildman–Crippen MR) is 161 cm³/mol. The number of fused-ring (bicyclic) bond motifs is 1. The first-order valence-electron chi connectivity index (χ1n) is 14.8. The van der Waals surface area contributed by atoms with E-state index in [4.69, 9.17) is 30.5 Å². The molecule has 6 rings (SSSR count). The molecule has 230 valence electrons. The van der Waals surface area contributed by atoms with Crippen LogP contribution in [0.15, 0.2) is 35.2 Å². The molecular formula is C30H38ClN7O5. The summed E-state index contributed by atoms with van der Waals surface area (Å²) in [5.74, 6) is 2.35. The molecule has 3 aliphatic rings. The summed E-state index contributed by atoms with van der Waals surface area (Å²) in [6.07, 6.45) is 3.64. The van der Waals surface area contributed by atoms with E-state index in [-0.39, 0.29) is 24.9 Å². The highest BCUT2D eigenvalue weighted by atomic mass is 35.5. The molecule has 13 heteroatoms. The van der Waals surface area contributed by atoms with Gasteiger partial charge in [0, 0.05) is 58.3 Å². The maximum atomic E-state index is 13.3. The molecule has 0 spiro atoms. The van der Waals surface area contributed by atoms with Gasteiger partial charge in [0.25, 0.3) is 0 Å². The van der Waals surface area contributed by atoms with Crippen molar-refractivity contribution >= 4 is 29.2 Å². The van der Waals surface area contributed by atoms with Crippen molar-refractivity contribution in [3.05, 3.63) is 58.4 Å². The molecule has 3 aliphatic heterocycles. The van der Waals surface area contributed by atoms with Crippen LogP contribution in [0, 0.1) is 0 Å². The molecule has 0 saturated carbocycles. The Labute approximate surface area is 256 Å². The van der Waals surface area contributed by atoms with Crippen molar-refractivity contribution in [3.63, 3.8) is 0 Å². The fourth-order valence-electron chi connectivity index (χ4n) is 5.52. The number of hydrogen-bond acceptors (Lipinski definition) is 12. The van der Waals surface area contributed by atoms with Gasteiger partial charge < -0.3 is 34.1 Å². The predicted octanol–water partition coefficient (Wildman–Crippen LogP) is 2.64. The number of ether oxygens (including phenoxy) is 2. The lowest BCUT2D eigenvalue weighted by Crippen LogP contribution is -2.45. The summed E-state index contributed by atoms with van der Waals surface area (Å²) < 4.78 is 16.4. The minimum Gasteiger partial charge on any atom is -0.484 e. The normalized spacial score (nSPS) is 18.6. The minimum atomic E-state index is -0.644. The number of aliphatic hydroxyl groups excluding tert-OH is 1. The van der Waals surface area contributed by atoms with Gasteiger partial charge in [0.1, 0.15) is 23.9 Å². The second-order valence-electron chi connectivity index (χ2n) is 11.5. The van der Waals surface area contributed by atoms with Gasteiger partial charge in [0.05, 0.1) is 36.6 Å². The number of β-amino-alcohol motifs (C(OH)–C–C–N with tert-alkyl or cyclic N) is 1. The molecule has 0 unspecified atom stereocenters. The summed E-state index contributed by atoms with van der Waals surface area (Å²) >= 11 is 6.68. The first-order valence-corrected chi connectivity index (χ1v) is 15.2. The first-order chi connectivity index (χ1) is 20.9. The quantitative estimate of drug-likeness (QED) is 0.292. The summed E-state index contributed by atoms with van der Waals surface area (Å²) in [6.45, 7) is 6.84. The number of piperazine rings is 1. The van der Waals surface area contributed by atoms with E-state index in [2.05, 4.69) is 37.0 Å². The third kappa shape index (κ3) is 7.44. The number of nitrogens with zero attached hydrogens (tertiary/aromatic N) is 6. The van der Waals surface area contributed by atoms with Crippen LogP contribution < -0.4 is 15.0 Å². The number of rotatable bonds is 12. The van der Waals surface area contributed by atoms with Gasteiger partial charge in [0.2, 0.25) is 5.95 Å². The lowest BCUT2D eigenvalue weighted by molar-refractivity contribution is 0.0209. The molecule has 2 N–H and O–H groups in total. The zero-order valence-electron chi connectivity index (χ0n) is 24.4. The maximum Gasteiger partial charge on any atom is 0.228 e. The average molecular weight is 612 g/mol. The van der Waals surface area contributed by atoms with Crippen molar-refractivity contribution in [2.45, 2.75) is 44.6 Å². The summed E-state index contributed by atoms with van der Waals surface area (Å²) in [6, 6.07) is 5.80. The van der Waals surface area contributed by atoms with Gasteiger partial charge in [0.15, 0.2) is 17.9 Å². The van der Waals surface area contributed by atoms with Gasteiger partial charge in [-0.15, -0.1) is 0 Å². The summed E-state index contributed by atoms with van der Waals surface area (Å²) in [5, 5.41) is 14.9. The number of aromatic nitrogens is 3. The van der Waals surface area contributed by atoms with E-state index in [0.717, 1.165) is 50.3 Å². The molecule has 0 radical (unpaired) electrons. The minimum absolute atomic E-state index is 0.0987. The number of likely N-dealkylation sites (N-methyl/N-ethyl adjacent to an activating group) is 1. The molecule has 0 amide bonds. The SMILES string of the molecule is CN1CCN(c2nc(NC3COC3)cc(C(=O)CC[C@H](O)CN3CCc4c(ccc(OCc5cnco5)c4Cl)C3)n2)CC1. The van der Waals surface area contributed by atoms with Gasteiger partial charge in [-0.2, -0.15) is 4.98 Å². The number of benzene rings is 1. The number of nitrogens with one attached hydrogen (secondary N) is 1. The largest absolute Gasteiger partial charge is 0.484 e. The Morgan fingerprint density at radius 2 is 2.05 bits per heavy atom. The van der Waals surface area contributed by atoms with E-state index in [0.29, 0.717) is 66.7 Å². The Kier molecular flexibility index (Phi) is 9.39. The number of oxazole rings is 1. The molecule has 3 aromatic rings. The number of ketones is 1. The van der Waals surface area contributed by atoms with Crippen molar-refractivity contribution in [2.24, 2.45) is 0 Å². The zero-order valence-corrected chi connectivity index (χ0v) is 25.1. The molecule has 1 aromatic carbocycles. The van der Waals surface area contributed by atoms with Gasteiger partial charge in [-0.1, -0.05) is 17.7 Å². The number of Topliss-reactive ketones (excluding diaryl/α,β-unsaturated/α-hetero) is 1. The smallest absolute Gasteiger partial charge is 0.228 e. The van der Waals surface area contributed by atoms with Crippen LogP contribution >= 0.6 is 11.6 Å². The number of aliphatic hydroxyl groups is 1. The zero-order chi connectivity index (χ0) is 29.8. The van der Waals surface area contributed by atoms with Crippen LogP contribution in [-0.2, 0) is 24.3 Å². The van der Waals surface area contributed by atoms with Crippen LogP contribution in [0.5, 0.6) is 5.75 Å². The fourth-order valence-corrected chi connectivity index (χ4v) is 5.85. The Bertz CT molecular complexity index is 1400. The van der Waals surface area contributed by atoms with Crippen LogP contribution in [0.4, 0.5) is 11.8 Å². The highest BCUT2D eigenvalue weighted by molar-refractivity contribution is 6.33. The van der Waals surface area contributed by atoms with Crippen molar-refractivity contribution < 1.29 is 23.8 Å². The summed E-state index contributed by atoms with van der Waals surface area (Å²) in [4.78, 5) is 33.1. The van der Waals surface area contributed by atoms with Crippen molar-refractivity contribution in [2.75, 3.05) is 69.7 Å². The summed E-state index contributed by atoms with van der Waals surface area (Å²) in [5.41, 5.74) is 2.55. The lowest BCUT2D eigenvalue weighted by atomic mass is 9.98. The van der Waals surface area contributed by atoms with E-state index in [9.17, 15) is 9.90 Å². The standard InChI is InChI=1S/C30H38ClN7O5/c1-36-8-10-38(11-9-36)30-34-25(12-28(35-30)33-21-16-41-17-21)26(40)4-3-22(39)15-37-7-6-24-20(14-37)2-5-27(29(24)31)42-18-23-13-32-19-43-23/h2,5,12-13,19,21-22,39H,3-4,6-11,14-18H2,1H3,(H,33,34,35)/t22-/m0/s1. The molecule has 2 aromatic heterocycles. The fraction of sp³-hybridized carbons (Fsp3) is 0.533. The Balaban J connectivity index is 1.03. The number of anilines is 2. The Morgan fingerprint density at radius 1 is 1.21 bits per heavy atom. The number of hydrogen-bond donors (Lipinski definition) is 2. The second kappa shape index (κ2) is 13.6. The second-order valence-corrected chi connectivity index (χ2v) is 11.9. The van der Waals surface area contributed by atoms with Crippen LogP contribution in [0.2, 0.25) is 5.02 Å². The van der Waals surface area contributed by atoms with Crippen LogP contribution in [0.1, 0.15) is 40.2 Å². The third-order valence-corrected chi connectivity index (χ3v) is 8.59. The molecule has 0 bridgehead atoms. The highest BCUT2D eigenvalue weighted by Crippen LogP contribution is 2.34. The average Bonchev–Trinajstić information content (AvgIpc) is 3.51. The van der Waals surface area contributed by atoms with Crippen molar-refractivity contribution in [1.82, 2.24) is 24.8 Å². The Morgan fingerprint density at radius 3 is 2.79 bits per heavy atom. The molecule has 5 heterocycles. The van der Waals surface area contributed by atoms with E-state index >= 15 is 0 Å². The first kappa shape index (κ1) is 29.8. The van der Waals surface area contributed by atoms with Crippen LogP contribution in [-0.4, -0.2) is 107 Å². The van der Waals surface area contributed by atoms with E-state index in [1.54, 1.807) is 12.3 Å². The van der Waals surface area contributed by atoms with Gasteiger partial charge >= 0.3 is 0 Å². The topological polar surface area (TPSA) is 129 Å². The van der Waals surface area contributed by atoms with E-state index < -0.39 is 6.10 Å². The molecule has 12 nitrogen and oxygen atoms in total. The lowest BCUT2D eigenvalue weighted by Gasteiger charge is -2.33. The van der Waals surface area contributed by atoms with Crippen molar-refractivity contribution in [1.29, 1.82) is 0 Å². The van der Waals surface area contributed by atoms with Gasteiger partial charge in [-0.3, -0.25) is 9.69 Å². The monoisotopic (exact) mass is 611 g/mol. The van der Waals surface area contributed by atoms with Crippen molar-refractivity contribution in [3.8, 4) is 5.75 Å². The van der Waals surface area contributed by atoms with Gasteiger partial charge in [-0.25, -0.2) is 9.97 Å². The molecule has 43 heavy (non-hydrogen) atoms. The summed E-state index contributed by atoms with van der Waals surface area (Å²) in [7, 11) is 2.10.